The highest BCUT2D eigenvalue weighted by Gasteiger charge is 2.29. The maximum Gasteiger partial charge on any atom is 0.233 e. The fraction of sp³-hybridized carbons (Fsp3) is 0.562. The Balaban J connectivity index is 1.96. The topological polar surface area (TPSA) is 86.7 Å². The van der Waals surface area contributed by atoms with Gasteiger partial charge in [-0.15, -0.1) is 0 Å². The molecule has 1 aliphatic heterocycles. The first kappa shape index (κ1) is 18.7. The Labute approximate surface area is 141 Å². The Hall–Kier alpha value is -1.67. The zero-order chi connectivity index (χ0) is 17.7. The van der Waals surface area contributed by atoms with Crippen LogP contribution < -0.4 is 4.72 Å². The number of rotatable bonds is 6. The number of aliphatic hydroxyl groups is 1. The van der Waals surface area contributed by atoms with Crippen LogP contribution in [0.25, 0.3) is 0 Å². The van der Waals surface area contributed by atoms with Gasteiger partial charge in [0.05, 0.1) is 17.4 Å². The number of nitrogens with one attached hydrogen (secondary N) is 1. The van der Waals surface area contributed by atoms with E-state index in [2.05, 4.69) is 4.72 Å². The third-order valence-electron chi connectivity index (χ3n) is 4.08. The monoisotopic (exact) mass is 358 g/mol. The van der Waals surface area contributed by atoms with Gasteiger partial charge in [-0.2, -0.15) is 0 Å². The molecule has 1 aromatic rings. The lowest BCUT2D eigenvalue weighted by molar-refractivity contribution is -0.136. The van der Waals surface area contributed by atoms with Gasteiger partial charge < -0.3 is 10.0 Å². The first-order chi connectivity index (χ1) is 11.3. The first-order valence-corrected chi connectivity index (χ1v) is 9.61. The van der Waals surface area contributed by atoms with Crippen LogP contribution in [0.4, 0.5) is 10.1 Å². The summed E-state index contributed by atoms with van der Waals surface area (Å²) in [7, 11) is -3.77. The number of piperidine rings is 1. The maximum atomic E-state index is 13.1. The van der Waals surface area contributed by atoms with Crippen LogP contribution in [0.15, 0.2) is 24.3 Å². The molecule has 1 saturated heterocycles. The van der Waals surface area contributed by atoms with Crippen LogP contribution in [0.2, 0.25) is 0 Å². The Bertz CT molecular complexity index is 680. The Morgan fingerprint density at radius 1 is 1.50 bits per heavy atom. The van der Waals surface area contributed by atoms with Crippen molar-refractivity contribution in [2.24, 2.45) is 11.8 Å². The second kappa shape index (κ2) is 7.94. The molecule has 2 unspecified atom stereocenters. The number of sulfonamides is 1. The molecule has 0 saturated carbocycles. The van der Waals surface area contributed by atoms with Crippen LogP contribution in [0.1, 0.15) is 19.8 Å². The number of anilines is 1. The van der Waals surface area contributed by atoms with E-state index in [-0.39, 0.29) is 29.9 Å². The fourth-order valence-electron chi connectivity index (χ4n) is 2.90. The normalized spacial score (nSPS) is 19.8. The molecule has 1 fully saturated rings. The molecule has 2 rings (SSSR count). The summed E-state index contributed by atoms with van der Waals surface area (Å²) >= 11 is 0. The van der Waals surface area contributed by atoms with Crippen molar-refractivity contribution in [3.05, 3.63) is 30.1 Å². The summed E-state index contributed by atoms with van der Waals surface area (Å²) in [5.41, 5.74) is 0.132. The average molecular weight is 358 g/mol. The summed E-state index contributed by atoms with van der Waals surface area (Å²) < 4.78 is 39.8. The Morgan fingerprint density at radius 3 is 2.92 bits per heavy atom. The van der Waals surface area contributed by atoms with E-state index in [1.807, 2.05) is 0 Å². The highest BCUT2D eigenvalue weighted by molar-refractivity contribution is 7.92. The van der Waals surface area contributed by atoms with Gasteiger partial charge in [0.1, 0.15) is 5.82 Å². The van der Waals surface area contributed by atoms with Crippen LogP contribution in [0.3, 0.4) is 0 Å². The van der Waals surface area contributed by atoms with E-state index < -0.39 is 21.8 Å². The average Bonchev–Trinajstić information content (AvgIpc) is 2.53. The van der Waals surface area contributed by atoms with Crippen molar-refractivity contribution in [3.63, 3.8) is 0 Å². The number of aliphatic hydroxyl groups excluding tert-OH is 1. The first-order valence-electron chi connectivity index (χ1n) is 7.96. The fourth-order valence-corrected chi connectivity index (χ4v) is 4.27. The molecule has 1 amide bonds. The number of carbonyl (C=O) groups excluding carboxylic acids is 1. The quantitative estimate of drug-likeness (QED) is 0.805. The minimum atomic E-state index is -3.77. The number of amides is 1. The van der Waals surface area contributed by atoms with Crippen LogP contribution in [0, 0.1) is 17.7 Å². The molecule has 24 heavy (non-hydrogen) atoms. The van der Waals surface area contributed by atoms with E-state index in [4.69, 9.17) is 0 Å². The van der Waals surface area contributed by atoms with Crippen LogP contribution in [0.5, 0.6) is 0 Å². The third-order valence-corrected chi connectivity index (χ3v) is 5.56. The van der Waals surface area contributed by atoms with Crippen LogP contribution in [-0.2, 0) is 14.8 Å². The third kappa shape index (κ3) is 5.17. The smallest absolute Gasteiger partial charge is 0.233 e. The van der Waals surface area contributed by atoms with Gasteiger partial charge in [-0.1, -0.05) is 13.0 Å². The number of halogens is 1. The lowest BCUT2D eigenvalue weighted by Crippen LogP contribution is -2.44. The molecule has 0 bridgehead atoms. The molecular weight excluding hydrogens is 335 g/mol. The molecule has 6 nitrogen and oxygen atoms in total. The molecule has 2 N–H and O–H groups in total. The van der Waals surface area contributed by atoms with Gasteiger partial charge in [0.25, 0.3) is 0 Å². The van der Waals surface area contributed by atoms with Crippen molar-refractivity contribution >= 4 is 21.6 Å². The summed E-state index contributed by atoms with van der Waals surface area (Å²) in [6.45, 7) is 2.63. The van der Waals surface area contributed by atoms with E-state index in [0.717, 1.165) is 18.9 Å². The van der Waals surface area contributed by atoms with Gasteiger partial charge in [0, 0.05) is 19.7 Å². The molecule has 0 radical (unpaired) electrons. The van der Waals surface area contributed by atoms with Gasteiger partial charge in [-0.05, 0) is 37.0 Å². The standard InChI is InChI=1S/C16H23FN2O4S/c1-12(16(21)19-7-3-4-13(9-19)10-20)11-24(22,23)18-15-6-2-5-14(17)8-15/h2,5-6,8,12-13,18,20H,3-4,7,9-11H2,1H3. The molecule has 0 aromatic heterocycles. The largest absolute Gasteiger partial charge is 0.396 e. The number of likely N-dealkylation sites (tertiary alicyclic amines) is 1. The predicted octanol–water partition coefficient (Wildman–Crippen LogP) is 1.43. The molecule has 134 valence electrons. The molecule has 0 aliphatic carbocycles. The zero-order valence-electron chi connectivity index (χ0n) is 13.6. The van der Waals surface area contributed by atoms with Gasteiger partial charge >= 0.3 is 0 Å². The van der Waals surface area contributed by atoms with E-state index in [1.54, 1.807) is 11.8 Å². The molecule has 0 spiro atoms. The van der Waals surface area contributed by atoms with Crippen molar-refractivity contribution in [2.45, 2.75) is 19.8 Å². The number of nitrogens with zero attached hydrogens (tertiary/aromatic N) is 1. The maximum absolute atomic E-state index is 13.1. The van der Waals surface area contributed by atoms with E-state index in [0.29, 0.717) is 13.1 Å². The van der Waals surface area contributed by atoms with E-state index in [1.165, 1.54) is 18.2 Å². The van der Waals surface area contributed by atoms with Crippen molar-refractivity contribution < 1.29 is 22.7 Å². The Morgan fingerprint density at radius 2 is 2.25 bits per heavy atom. The molecule has 1 aliphatic rings. The summed E-state index contributed by atoms with van der Waals surface area (Å²) in [5, 5.41) is 9.23. The summed E-state index contributed by atoms with van der Waals surface area (Å²) in [6, 6.07) is 5.16. The molecular formula is C16H23FN2O4S. The summed E-state index contributed by atoms with van der Waals surface area (Å²) in [4.78, 5) is 14.1. The molecule has 1 aromatic carbocycles. The molecule has 8 heteroatoms. The van der Waals surface area contributed by atoms with Crippen molar-refractivity contribution in [3.8, 4) is 0 Å². The van der Waals surface area contributed by atoms with Crippen molar-refractivity contribution in [1.29, 1.82) is 0 Å². The number of hydrogen-bond donors (Lipinski definition) is 2. The minimum Gasteiger partial charge on any atom is -0.396 e. The van der Waals surface area contributed by atoms with Crippen molar-refractivity contribution in [2.75, 3.05) is 30.2 Å². The second-order valence-electron chi connectivity index (χ2n) is 6.27. The minimum absolute atomic E-state index is 0.0254. The highest BCUT2D eigenvalue weighted by atomic mass is 32.2. The SMILES string of the molecule is CC(CS(=O)(=O)Nc1cccc(F)c1)C(=O)N1CCCC(CO)C1. The van der Waals surface area contributed by atoms with E-state index >= 15 is 0 Å². The van der Waals surface area contributed by atoms with Crippen LogP contribution >= 0.6 is 0 Å². The Kier molecular flexibility index (Phi) is 6.17. The number of carbonyl (C=O) groups is 1. The van der Waals surface area contributed by atoms with E-state index in [9.17, 15) is 22.7 Å². The number of hydrogen-bond acceptors (Lipinski definition) is 4. The van der Waals surface area contributed by atoms with Gasteiger partial charge in [-0.25, -0.2) is 12.8 Å². The summed E-state index contributed by atoms with van der Waals surface area (Å²) in [6.07, 6.45) is 1.67. The van der Waals surface area contributed by atoms with Crippen molar-refractivity contribution in [1.82, 2.24) is 4.90 Å². The lowest BCUT2D eigenvalue weighted by atomic mass is 9.98. The second-order valence-corrected chi connectivity index (χ2v) is 8.04. The van der Waals surface area contributed by atoms with Gasteiger partial charge in [0.15, 0.2) is 0 Å². The lowest BCUT2D eigenvalue weighted by Gasteiger charge is -2.33. The number of benzene rings is 1. The molecule has 2 atom stereocenters. The van der Waals surface area contributed by atoms with Gasteiger partial charge in [-0.3, -0.25) is 9.52 Å². The summed E-state index contributed by atoms with van der Waals surface area (Å²) in [5.74, 6) is -1.81. The highest BCUT2D eigenvalue weighted by Crippen LogP contribution is 2.19. The predicted molar refractivity (Wildman–Crippen MR) is 89.4 cm³/mol. The van der Waals surface area contributed by atoms with Gasteiger partial charge in [0.2, 0.25) is 15.9 Å². The zero-order valence-corrected chi connectivity index (χ0v) is 14.4. The van der Waals surface area contributed by atoms with Crippen LogP contribution in [-0.4, -0.2) is 49.8 Å². The molecule has 1 heterocycles.